The van der Waals surface area contributed by atoms with Gasteiger partial charge in [-0.3, -0.25) is 0 Å². The second-order valence-electron chi connectivity index (χ2n) is 5.84. The molecule has 0 bridgehead atoms. The van der Waals surface area contributed by atoms with Crippen LogP contribution in [0.5, 0.6) is 0 Å². The van der Waals surface area contributed by atoms with Crippen molar-refractivity contribution in [2.75, 3.05) is 25.0 Å². The molecule has 0 atom stereocenters. The van der Waals surface area contributed by atoms with E-state index in [4.69, 9.17) is 0 Å². The van der Waals surface area contributed by atoms with Crippen LogP contribution in [0, 0.1) is 17.5 Å². The summed E-state index contributed by atoms with van der Waals surface area (Å²) in [5, 5.41) is 8.39. The van der Waals surface area contributed by atoms with Crippen molar-refractivity contribution in [3.63, 3.8) is 0 Å². The summed E-state index contributed by atoms with van der Waals surface area (Å²) < 4.78 is 38.6. The molecule has 2 aromatic carbocycles. The zero-order valence-electron chi connectivity index (χ0n) is 14.3. The molecule has 0 unspecified atom stereocenters. The van der Waals surface area contributed by atoms with Gasteiger partial charge >= 0.3 is 6.03 Å². The first-order valence-corrected chi connectivity index (χ1v) is 8.49. The molecule has 0 aliphatic carbocycles. The molecule has 0 saturated heterocycles. The fraction of sp³-hybridized carbons (Fsp3) is 0.316. The Morgan fingerprint density at radius 2 is 1.58 bits per heavy atom. The molecule has 0 spiro atoms. The second-order valence-corrected chi connectivity index (χ2v) is 5.84. The Kier molecular flexibility index (Phi) is 7.95. The molecule has 2 rings (SSSR count). The Hall–Kier alpha value is -2.54. The summed E-state index contributed by atoms with van der Waals surface area (Å²) >= 11 is 0. The van der Waals surface area contributed by atoms with Crippen LogP contribution in [0.4, 0.5) is 23.7 Å². The molecule has 0 heterocycles. The van der Waals surface area contributed by atoms with Crippen LogP contribution in [0.2, 0.25) is 0 Å². The van der Waals surface area contributed by atoms with E-state index in [0.717, 1.165) is 50.0 Å². The molecule has 3 N–H and O–H groups in total. The number of hydrogen-bond acceptors (Lipinski definition) is 2. The van der Waals surface area contributed by atoms with Gasteiger partial charge in [-0.2, -0.15) is 0 Å². The third-order valence-electron chi connectivity index (χ3n) is 3.75. The molecular weight excluding hydrogens is 343 g/mol. The van der Waals surface area contributed by atoms with Gasteiger partial charge in [0.1, 0.15) is 5.82 Å². The van der Waals surface area contributed by atoms with Gasteiger partial charge in [0.25, 0.3) is 0 Å². The zero-order chi connectivity index (χ0) is 18.8. The van der Waals surface area contributed by atoms with Crippen LogP contribution < -0.4 is 16.0 Å². The molecule has 26 heavy (non-hydrogen) atoms. The highest BCUT2D eigenvalue weighted by Crippen LogP contribution is 2.12. The lowest BCUT2D eigenvalue weighted by Crippen LogP contribution is -2.30. The van der Waals surface area contributed by atoms with E-state index < -0.39 is 17.7 Å². The van der Waals surface area contributed by atoms with Crippen LogP contribution in [0.25, 0.3) is 0 Å². The molecule has 2 aromatic rings. The lowest BCUT2D eigenvalue weighted by Gasteiger charge is -2.08. The second kappa shape index (κ2) is 10.5. The Bertz CT molecular complexity index is 708. The highest BCUT2D eigenvalue weighted by molar-refractivity contribution is 5.89. The predicted octanol–water partition coefficient (Wildman–Crippen LogP) is 3.84. The number of carbonyl (C=O) groups is 1. The maximum Gasteiger partial charge on any atom is 0.319 e. The maximum atomic E-state index is 13.0. The molecule has 7 heteroatoms. The van der Waals surface area contributed by atoms with Crippen LogP contribution in [-0.4, -0.2) is 25.7 Å². The van der Waals surface area contributed by atoms with Crippen molar-refractivity contribution < 1.29 is 18.0 Å². The smallest absolute Gasteiger partial charge is 0.319 e. The van der Waals surface area contributed by atoms with Gasteiger partial charge < -0.3 is 16.0 Å². The highest BCUT2D eigenvalue weighted by atomic mass is 19.2. The first-order chi connectivity index (χ1) is 12.5. The Labute approximate surface area is 150 Å². The molecule has 140 valence electrons. The molecule has 4 nitrogen and oxygen atoms in total. The fourth-order valence-electron chi connectivity index (χ4n) is 2.33. The van der Waals surface area contributed by atoms with Crippen LogP contribution in [0.3, 0.4) is 0 Å². The van der Waals surface area contributed by atoms with E-state index in [1.807, 2.05) is 0 Å². The third-order valence-corrected chi connectivity index (χ3v) is 3.75. The summed E-state index contributed by atoms with van der Waals surface area (Å²) in [5.41, 5.74) is 1.28. The largest absolute Gasteiger partial charge is 0.338 e. The molecule has 0 fully saturated rings. The van der Waals surface area contributed by atoms with E-state index in [1.54, 1.807) is 12.1 Å². The average molecular weight is 365 g/mol. The lowest BCUT2D eigenvalue weighted by molar-refractivity contribution is 0.252. The number of carbonyl (C=O) groups excluding carboxylic acids is 1. The monoisotopic (exact) mass is 365 g/mol. The number of anilines is 1. The average Bonchev–Trinajstić information content (AvgIpc) is 2.62. The van der Waals surface area contributed by atoms with E-state index in [-0.39, 0.29) is 11.5 Å². The summed E-state index contributed by atoms with van der Waals surface area (Å²) in [6, 6.07) is 9.17. The van der Waals surface area contributed by atoms with E-state index >= 15 is 0 Å². The Balaban J connectivity index is 1.50. The number of hydrogen-bond donors (Lipinski definition) is 3. The number of rotatable bonds is 9. The van der Waals surface area contributed by atoms with E-state index in [1.165, 1.54) is 18.2 Å². The fourth-order valence-corrected chi connectivity index (χ4v) is 2.33. The summed E-state index contributed by atoms with van der Waals surface area (Å²) in [5.74, 6) is -2.19. The van der Waals surface area contributed by atoms with Crippen LogP contribution >= 0.6 is 0 Å². The van der Waals surface area contributed by atoms with Gasteiger partial charge in [0.2, 0.25) is 0 Å². The standard InChI is InChI=1S/C19H22F3N3O/c20-15-5-3-14(4-6-15)9-12-23-10-1-2-11-24-19(26)25-16-7-8-17(21)18(22)13-16/h3-8,13,23H,1-2,9-12H2,(H2,24,25,26). The number of halogens is 3. The minimum Gasteiger partial charge on any atom is -0.338 e. The summed E-state index contributed by atoms with van der Waals surface area (Å²) in [7, 11) is 0. The van der Waals surface area contributed by atoms with Gasteiger partial charge in [-0.25, -0.2) is 18.0 Å². The first-order valence-electron chi connectivity index (χ1n) is 8.49. The SMILES string of the molecule is O=C(NCCCCNCCc1ccc(F)cc1)Nc1ccc(F)c(F)c1. The minimum atomic E-state index is -1.01. The summed E-state index contributed by atoms with van der Waals surface area (Å²) in [6.07, 6.45) is 2.50. The van der Waals surface area contributed by atoms with Crippen molar-refractivity contribution in [3.05, 3.63) is 65.5 Å². The number of urea groups is 1. The molecular formula is C19H22F3N3O. The molecule has 0 radical (unpaired) electrons. The van der Waals surface area contributed by atoms with Crippen LogP contribution in [0.1, 0.15) is 18.4 Å². The Morgan fingerprint density at radius 1 is 0.846 bits per heavy atom. The zero-order valence-corrected chi connectivity index (χ0v) is 14.3. The number of unbranched alkanes of at least 4 members (excludes halogenated alkanes) is 1. The predicted molar refractivity (Wildman–Crippen MR) is 95.6 cm³/mol. The molecule has 0 saturated carbocycles. The van der Waals surface area contributed by atoms with Gasteiger partial charge in [0.15, 0.2) is 11.6 Å². The number of nitrogens with one attached hydrogen (secondary N) is 3. The van der Waals surface area contributed by atoms with Gasteiger partial charge in [0.05, 0.1) is 0 Å². The molecule has 2 amide bonds. The Morgan fingerprint density at radius 3 is 2.31 bits per heavy atom. The van der Waals surface area contributed by atoms with Crippen molar-refractivity contribution in [1.82, 2.24) is 10.6 Å². The quantitative estimate of drug-likeness (QED) is 0.592. The van der Waals surface area contributed by atoms with Crippen molar-refractivity contribution in [1.29, 1.82) is 0 Å². The van der Waals surface area contributed by atoms with Gasteiger partial charge in [-0.05, 0) is 62.2 Å². The summed E-state index contributed by atoms with van der Waals surface area (Å²) in [4.78, 5) is 11.6. The van der Waals surface area contributed by atoms with E-state index in [9.17, 15) is 18.0 Å². The molecule has 0 aliphatic rings. The van der Waals surface area contributed by atoms with Gasteiger partial charge in [0, 0.05) is 18.3 Å². The first kappa shape index (κ1) is 19.8. The van der Waals surface area contributed by atoms with Crippen molar-refractivity contribution in [3.8, 4) is 0 Å². The van der Waals surface area contributed by atoms with Gasteiger partial charge in [-0.1, -0.05) is 12.1 Å². The molecule has 0 aliphatic heterocycles. The van der Waals surface area contributed by atoms with E-state index in [2.05, 4.69) is 16.0 Å². The molecule has 0 aromatic heterocycles. The number of benzene rings is 2. The topological polar surface area (TPSA) is 53.2 Å². The van der Waals surface area contributed by atoms with E-state index in [0.29, 0.717) is 6.54 Å². The normalized spacial score (nSPS) is 10.6. The lowest BCUT2D eigenvalue weighted by atomic mass is 10.1. The third kappa shape index (κ3) is 7.14. The van der Waals surface area contributed by atoms with Crippen molar-refractivity contribution in [2.24, 2.45) is 0 Å². The highest BCUT2D eigenvalue weighted by Gasteiger charge is 2.05. The van der Waals surface area contributed by atoms with Crippen LogP contribution in [-0.2, 0) is 6.42 Å². The summed E-state index contributed by atoms with van der Waals surface area (Å²) in [6.45, 7) is 2.10. The number of amides is 2. The minimum absolute atomic E-state index is 0.198. The van der Waals surface area contributed by atoms with Gasteiger partial charge in [-0.15, -0.1) is 0 Å². The van der Waals surface area contributed by atoms with Crippen LogP contribution in [0.15, 0.2) is 42.5 Å². The van der Waals surface area contributed by atoms with Crippen molar-refractivity contribution in [2.45, 2.75) is 19.3 Å². The van der Waals surface area contributed by atoms with Crippen molar-refractivity contribution >= 4 is 11.7 Å². The maximum absolute atomic E-state index is 13.0.